The van der Waals surface area contributed by atoms with Gasteiger partial charge in [0.2, 0.25) is 0 Å². The minimum atomic E-state index is -3.52. The van der Waals surface area contributed by atoms with Gasteiger partial charge in [-0.05, 0) is 48.2 Å². The zero-order valence-corrected chi connectivity index (χ0v) is 23.3. The lowest BCUT2D eigenvalue weighted by Crippen LogP contribution is -2.28. The molecule has 2 rings (SSSR count). The number of halogens is 1. The van der Waals surface area contributed by atoms with Crippen LogP contribution in [0.5, 0.6) is 11.5 Å². The summed E-state index contributed by atoms with van der Waals surface area (Å²) in [4.78, 5) is 0. The molecule has 208 valence electrons. The zero-order valence-electron chi connectivity index (χ0n) is 20.9. The van der Waals surface area contributed by atoms with Crippen LogP contribution >= 0.6 is 11.6 Å². The van der Waals surface area contributed by atoms with Crippen molar-refractivity contribution in [3.05, 3.63) is 59.7 Å². The molecule has 2 aromatic carbocycles. The summed E-state index contributed by atoms with van der Waals surface area (Å²) in [6.45, 7) is 4.02. The first-order chi connectivity index (χ1) is 17.4. The van der Waals surface area contributed by atoms with Gasteiger partial charge in [-0.25, -0.2) is 12.6 Å². The fraction of sp³-hybridized carbons (Fsp3) is 0.520. The summed E-state index contributed by atoms with van der Waals surface area (Å²) in [5.74, 6) is 0.622. The third-order valence-corrected chi connectivity index (χ3v) is 8.21. The Kier molecular flexibility index (Phi) is 12.8. The van der Waals surface area contributed by atoms with Crippen molar-refractivity contribution in [3.8, 4) is 11.5 Å². The van der Waals surface area contributed by atoms with E-state index in [0.29, 0.717) is 11.5 Å². The molecule has 0 aliphatic carbocycles. The topological polar surface area (TPSA) is 142 Å². The molecular formula is C25H34ClO9S2-. The second-order valence-corrected chi connectivity index (χ2v) is 12.3. The SMILES string of the molecule is CC(C)(c1ccc(OCC(O)CCl)cc1)c1ccc(OCC(O)CS(=O)(=O)CCCCOS(=O)[O-])cc1. The quantitative estimate of drug-likeness (QED) is 0.165. The Hall–Kier alpha value is -1.73. The molecule has 0 saturated carbocycles. The van der Waals surface area contributed by atoms with E-state index in [2.05, 4.69) is 18.0 Å². The van der Waals surface area contributed by atoms with Gasteiger partial charge in [0.15, 0.2) is 9.84 Å². The van der Waals surface area contributed by atoms with Crippen molar-refractivity contribution < 1.29 is 41.0 Å². The van der Waals surface area contributed by atoms with Gasteiger partial charge in [-0.1, -0.05) is 38.1 Å². The highest BCUT2D eigenvalue weighted by Gasteiger charge is 2.23. The van der Waals surface area contributed by atoms with E-state index in [4.69, 9.17) is 21.1 Å². The van der Waals surface area contributed by atoms with Crippen molar-refractivity contribution in [2.45, 2.75) is 44.3 Å². The van der Waals surface area contributed by atoms with Gasteiger partial charge in [-0.15, -0.1) is 11.6 Å². The van der Waals surface area contributed by atoms with Crippen molar-refractivity contribution >= 4 is 32.8 Å². The maximum Gasteiger partial charge on any atom is 0.152 e. The number of ether oxygens (including phenoxy) is 2. The maximum atomic E-state index is 12.1. The van der Waals surface area contributed by atoms with Crippen LogP contribution in [-0.4, -0.2) is 76.8 Å². The molecule has 2 aromatic rings. The van der Waals surface area contributed by atoms with E-state index in [-0.39, 0.29) is 49.7 Å². The molecule has 0 aromatic heterocycles. The molecule has 0 aliphatic heterocycles. The van der Waals surface area contributed by atoms with Crippen molar-refractivity contribution in [1.82, 2.24) is 0 Å². The zero-order chi connectivity index (χ0) is 27.5. The lowest BCUT2D eigenvalue weighted by molar-refractivity contribution is 0.125. The summed E-state index contributed by atoms with van der Waals surface area (Å²) in [5.41, 5.74) is 1.76. The van der Waals surface area contributed by atoms with Gasteiger partial charge >= 0.3 is 0 Å². The fourth-order valence-electron chi connectivity index (χ4n) is 3.51. The summed E-state index contributed by atoms with van der Waals surface area (Å²) in [7, 11) is -3.52. The average Bonchev–Trinajstić information content (AvgIpc) is 2.85. The molecule has 0 amide bonds. The van der Waals surface area contributed by atoms with E-state index < -0.39 is 39.2 Å². The van der Waals surface area contributed by atoms with Crippen molar-refractivity contribution in [1.29, 1.82) is 0 Å². The number of unbranched alkanes of at least 4 members (excludes halogenated alkanes) is 1. The maximum absolute atomic E-state index is 12.1. The summed E-state index contributed by atoms with van der Waals surface area (Å²) in [6.07, 6.45) is -1.41. The van der Waals surface area contributed by atoms with E-state index in [9.17, 15) is 27.4 Å². The number of rotatable bonds is 17. The Morgan fingerprint density at radius 3 is 1.86 bits per heavy atom. The molecule has 3 unspecified atom stereocenters. The molecule has 0 aliphatic rings. The number of aliphatic hydroxyl groups is 2. The molecule has 0 spiro atoms. The standard InChI is InChI=1S/C25H35ClO9S2/c1-25(2,19-5-9-23(10-6-19)33-16-21(27)15-26)20-7-11-24(12-8-20)34-17-22(28)18-37(31,32)14-4-3-13-35-36(29)30/h5-12,21-22,27-28H,3-4,13-18H2,1-2H3,(H,29,30)/p-1. The molecule has 0 bridgehead atoms. The van der Waals surface area contributed by atoms with Gasteiger partial charge in [-0.2, -0.15) is 0 Å². The van der Waals surface area contributed by atoms with Crippen LogP contribution in [0.1, 0.15) is 37.8 Å². The number of alkyl halides is 1. The van der Waals surface area contributed by atoms with E-state index >= 15 is 0 Å². The molecule has 3 atom stereocenters. The van der Waals surface area contributed by atoms with Crippen molar-refractivity contribution in [3.63, 3.8) is 0 Å². The van der Waals surface area contributed by atoms with Crippen LogP contribution in [0.15, 0.2) is 48.5 Å². The predicted molar refractivity (Wildman–Crippen MR) is 141 cm³/mol. The third-order valence-electron chi connectivity index (χ3n) is 5.69. The van der Waals surface area contributed by atoms with Gasteiger partial charge in [0.1, 0.15) is 36.9 Å². The monoisotopic (exact) mass is 577 g/mol. The Morgan fingerprint density at radius 1 is 0.919 bits per heavy atom. The largest absolute Gasteiger partial charge is 0.750 e. The van der Waals surface area contributed by atoms with Gasteiger partial charge in [0.05, 0.1) is 35.4 Å². The molecule has 37 heavy (non-hydrogen) atoms. The second kappa shape index (κ2) is 15.0. The first kappa shape index (κ1) is 31.5. The van der Waals surface area contributed by atoms with Gasteiger partial charge in [0.25, 0.3) is 0 Å². The summed E-state index contributed by atoms with van der Waals surface area (Å²) >= 11 is 2.97. The molecule has 2 N–H and O–H groups in total. The van der Waals surface area contributed by atoms with Crippen LogP contribution < -0.4 is 9.47 Å². The minimum Gasteiger partial charge on any atom is -0.750 e. The van der Waals surface area contributed by atoms with Gasteiger partial charge < -0.3 is 28.4 Å². The van der Waals surface area contributed by atoms with Gasteiger partial charge in [0, 0.05) is 5.41 Å². The third kappa shape index (κ3) is 11.3. The second-order valence-electron chi connectivity index (χ2n) is 9.11. The molecule has 0 heterocycles. The highest BCUT2D eigenvalue weighted by molar-refractivity contribution is 7.91. The lowest BCUT2D eigenvalue weighted by atomic mass is 9.78. The van der Waals surface area contributed by atoms with Crippen LogP contribution in [0.4, 0.5) is 0 Å². The smallest absolute Gasteiger partial charge is 0.152 e. The average molecular weight is 578 g/mol. The Labute approximate surface area is 226 Å². The van der Waals surface area contributed by atoms with E-state index in [1.54, 1.807) is 12.1 Å². The highest BCUT2D eigenvalue weighted by Crippen LogP contribution is 2.33. The number of benzene rings is 2. The molecule has 0 radical (unpaired) electrons. The van der Waals surface area contributed by atoms with E-state index in [1.165, 1.54) is 0 Å². The van der Waals surface area contributed by atoms with Crippen LogP contribution in [0.3, 0.4) is 0 Å². The summed E-state index contributed by atoms with van der Waals surface area (Å²) < 4.78 is 60.3. The number of aliphatic hydroxyl groups excluding tert-OH is 2. The van der Waals surface area contributed by atoms with Crippen molar-refractivity contribution in [2.75, 3.05) is 37.2 Å². The van der Waals surface area contributed by atoms with Crippen LogP contribution in [0, 0.1) is 0 Å². The van der Waals surface area contributed by atoms with E-state index in [1.807, 2.05) is 36.4 Å². The van der Waals surface area contributed by atoms with Crippen molar-refractivity contribution in [2.24, 2.45) is 0 Å². The Bertz CT molecular complexity index is 1070. The highest BCUT2D eigenvalue weighted by atomic mass is 35.5. The summed E-state index contributed by atoms with van der Waals surface area (Å²) in [5, 5.41) is 19.6. The predicted octanol–water partition coefficient (Wildman–Crippen LogP) is 2.74. The van der Waals surface area contributed by atoms with Crippen LogP contribution in [0.25, 0.3) is 0 Å². The van der Waals surface area contributed by atoms with Crippen LogP contribution in [-0.2, 0) is 30.8 Å². The number of sulfone groups is 1. The first-order valence-corrected chi connectivity index (χ1v) is 15.1. The number of hydrogen-bond acceptors (Lipinski definition) is 9. The number of hydrogen-bond donors (Lipinski definition) is 2. The Morgan fingerprint density at radius 2 is 1.41 bits per heavy atom. The molecule has 9 nitrogen and oxygen atoms in total. The Balaban J connectivity index is 1.85. The van der Waals surface area contributed by atoms with Gasteiger partial charge in [-0.3, -0.25) is 0 Å². The molecule has 12 heteroatoms. The fourth-order valence-corrected chi connectivity index (χ4v) is 5.34. The molecule has 0 saturated heterocycles. The normalized spacial score (nSPS) is 14.6. The minimum absolute atomic E-state index is 0.0795. The van der Waals surface area contributed by atoms with Crippen LogP contribution in [0.2, 0.25) is 0 Å². The lowest BCUT2D eigenvalue weighted by Gasteiger charge is -2.26. The molecule has 0 fully saturated rings. The summed E-state index contributed by atoms with van der Waals surface area (Å²) in [6, 6.07) is 15.0. The first-order valence-electron chi connectivity index (χ1n) is 11.7. The molecular weight excluding hydrogens is 544 g/mol. The van der Waals surface area contributed by atoms with E-state index in [0.717, 1.165) is 11.1 Å².